The van der Waals surface area contributed by atoms with E-state index in [0.717, 1.165) is 39.1 Å². The molecule has 0 bridgehead atoms. The number of allylic oxidation sites excluding steroid dienone is 1. The number of amides is 1. The van der Waals surface area contributed by atoms with E-state index in [4.69, 9.17) is 23.7 Å². The Bertz CT molecular complexity index is 1540. The second kappa shape index (κ2) is 17.0. The van der Waals surface area contributed by atoms with Crippen LogP contribution in [0.5, 0.6) is 17.2 Å². The lowest BCUT2D eigenvalue weighted by Gasteiger charge is -2.23. The van der Waals surface area contributed by atoms with E-state index >= 15 is 0 Å². The van der Waals surface area contributed by atoms with E-state index in [1.165, 1.54) is 0 Å². The summed E-state index contributed by atoms with van der Waals surface area (Å²) in [6, 6.07) is 29.3. The fraction of sp³-hybridized carbons (Fsp3) is 0.289. The molecule has 0 aliphatic rings. The van der Waals surface area contributed by atoms with Crippen molar-refractivity contribution in [2.75, 3.05) is 40.6 Å². The summed E-state index contributed by atoms with van der Waals surface area (Å²) in [6.07, 6.45) is 0. The molecule has 236 valence electrons. The van der Waals surface area contributed by atoms with Crippen LogP contribution in [-0.4, -0.2) is 51.4 Å². The first-order chi connectivity index (χ1) is 21.9. The lowest BCUT2D eigenvalue weighted by atomic mass is 10.0. The first-order valence-corrected chi connectivity index (χ1v) is 15.1. The minimum Gasteiger partial charge on any atom is -0.491 e. The topological polar surface area (TPSA) is 66.5 Å². The highest BCUT2D eigenvalue weighted by atomic mass is 16.5. The second-order valence-corrected chi connectivity index (χ2v) is 10.8. The maximum Gasteiger partial charge on any atom is 0.257 e. The van der Waals surface area contributed by atoms with Gasteiger partial charge in [-0.3, -0.25) is 4.79 Å². The van der Waals surface area contributed by atoms with E-state index in [9.17, 15) is 4.79 Å². The van der Waals surface area contributed by atoms with Crippen molar-refractivity contribution >= 4 is 11.5 Å². The zero-order valence-corrected chi connectivity index (χ0v) is 26.7. The molecule has 0 atom stereocenters. The Morgan fingerprint density at radius 3 is 1.91 bits per heavy atom. The first-order valence-electron chi connectivity index (χ1n) is 15.1. The summed E-state index contributed by atoms with van der Waals surface area (Å²) in [5.74, 6) is 1.65. The molecule has 4 rings (SSSR count). The highest BCUT2D eigenvalue weighted by molar-refractivity contribution is 5.98. The molecule has 4 aromatic rings. The van der Waals surface area contributed by atoms with Gasteiger partial charge in [-0.1, -0.05) is 79.4 Å². The molecule has 0 heterocycles. The minimum absolute atomic E-state index is 0.174. The van der Waals surface area contributed by atoms with E-state index in [1.807, 2.05) is 105 Å². The molecule has 0 radical (unpaired) electrons. The number of ether oxygens (including phenoxy) is 5. The summed E-state index contributed by atoms with van der Waals surface area (Å²) in [5.41, 5.74) is 5.98. The second-order valence-electron chi connectivity index (χ2n) is 10.8. The minimum atomic E-state index is -0.174. The fourth-order valence-electron chi connectivity index (χ4n) is 4.75. The molecule has 0 unspecified atom stereocenters. The van der Waals surface area contributed by atoms with Crippen LogP contribution < -0.4 is 14.2 Å². The average Bonchev–Trinajstić information content (AvgIpc) is 3.06. The maximum absolute atomic E-state index is 14.1. The molecule has 7 heteroatoms. The fourth-order valence-corrected chi connectivity index (χ4v) is 4.75. The molecule has 45 heavy (non-hydrogen) atoms. The largest absolute Gasteiger partial charge is 0.491 e. The van der Waals surface area contributed by atoms with Gasteiger partial charge in [0.05, 0.1) is 25.4 Å². The predicted molar refractivity (Wildman–Crippen MR) is 178 cm³/mol. The summed E-state index contributed by atoms with van der Waals surface area (Å²) in [5, 5.41) is 0. The number of benzene rings is 4. The van der Waals surface area contributed by atoms with Crippen molar-refractivity contribution in [2.24, 2.45) is 0 Å². The molecular formula is C38H43NO6. The Hall–Kier alpha value is -4.59. The predicted octanol–water partition coefficient (Wildman–Crippen LogP) is 7.50. The van der Waals surface area contributed by atoms with Crippen LogP contribution in [0.1, 0.15) is 45.1 Å². The third kappa shape index (κ3) is 9.70. The van der Waals surface area contributed by atoms with Gasteiger partial charge in [-0.25, -0.2) is 0 Å². The number of methoxy groups -OCH3 is 1. The van der Waals surface area contributed by atoms with E-state index in [0.29, 0.717) is 63.2 Å². The molecule has 0 spiro atoms. The third-order valence-electron chi connectivity index (χ3n) is 7.31. The SMILES string of the molecule is C=C(C)c1cc(C(=O)N(C)Cc2cccc(OCCOCCOC)c2C)c(OCc2ccccc2)cc1OCc1ccccc1. The summed E-state index contributed by atoms with van der Waals surface area (Å²) in [7, 11) is 3.44. The molecule has 0 saturated heterocycles. The van der Waals surface area contributed by atoms with Crippen molar-refractivity contribution in [1.29, 1.82) is 0 Å². The molecular weight excluding hydrogens is 566 g/mol. The van der Waals surface area contributed by atoms with Gasteiger partial charge in [0.1, 0.15) is 37.1 Å². The van der Waals surface area contributed by atoms with E-state index < -0.39 is 0 Å². The van der Waals surface area contributed by atoms with Crippen molar-refractivity contribution in [3.05, 3.63) is 131 Å². The van der Waals surface area contributed by atoms with Crippen LogP contribution in [0.3, 0.4) is 0 Å². The van der Waals surface area contributed by atoms with E-state index in [-0.39, 0.29) is 5.91 Å². The molecule has 4 aromatic carbocycles. The number of hydrogen-bond acceptors (Lipinski definition) is 6. The summed E-state index contributed by atoms with van der Waals surface area (Å²) in [4.78, 5) is 15.7. The Balaban J connectivity index is 1.56. The Morgan fingerprint density at radius 1 is 0.711 bits per heavy atom. The van der Waals surface area contributed by atoms with Gasteiger partial charge in [0, 0.05) is 32.3 Å². The van der Waals surface area contributed by atoms with Crippen molar-refractivity contribution in [3.63, 3.8) is 0 Å². The Labute approximate surface area is 267 Å². The summed E-state index contributed by atoms with van der Waals surface area (Å²) < 4.78 is 29.1. The normalized spacial score (nSPS) is 10.8. The first kappa shape index (κ1) is 33.3. The smallest absolute Gasteiger partial charge is 0.257 e. The van der Waals surface area contributed by atoms with Gasteiger partial charge in [-0.2, -0.15) is 0 Å². The highest BCUT2D eigenvalue weighted by Crippen LogP contribution is 2.35. The standard InChI is InChI=1S/C38H43NO6/c1-28(2)33-23-34(38(40)39(4)25-32-17-12-18-35(29(32)3)43-22-21-42-20-19-41-5)37(45-27-31-15-10-7-11-16-31)24-36(33)44-26-30-13-8-6-9-14-30/h6-18,23-24H,1,19-22,25-27H2,2-5H3. The number of carbonyl (C=O) groups is 1. The number of nitrogens with zero attached hydrogens (tertiary/aromatic N) is 1. The zero-order chi connectivity index (χ0) is 32.0. The van der Waals surface area contributed by atoms with Gasteiger partial charge in [0.25, 0.3) is 5.91 Å². The van der Waals surface area contributed by atoms with Gasteiger partial charge < -0.3 is 28.6 Å². The van der Waals surface area contributed by atoms with Crippen LogP contribution >= 0.6 is 0 Å². The molecule has 0 fully saturated rings. The van der Waals surface area contributed by atoms with Crippen molar-refractivity contribution in [2.45, 2.75) is 33.6 Å². The van der Waals surface area contributed by atoms with E-state index in [1.54, 1.807) is 19.1 Å². The van der Waals surface area contributed by atoms with Crippen LogP contribution in [0.15, 0.2) is 97.6 Å². The number of hydrogen-bond donors (Lipinski definition) is 0. The average molecular weight is 610 g/mol. The molecule has 0 aliphatic heterocycles. The Kier molecular flexibility index (Phi) is 12.6. The molecule has 0 aliphatic carbocycles. The van der Waals surface area contributed by atoms with Crippen molar-refractivity contribution in [3.8, 4) is 17.2 Å². The third-order valence-corrected chi connectivity index (χ3v) is 7.31. The van der Waals surface area contributed by atoms with Crippen LogP contribution in [0.2, 0.25) is 0 Å². The lowest BCUT2D eigenvalue weighted by Crippen LogP contribution is -2.27. The Morgan fingerprint density at radius 2 is 1.31 bits per heavy atom. The molecule has 0 N–H and O–H groups in total. The highest BCUT2D eigenvalue weighted by Gasteiger charge is 2.22. The summed E-state index contributed by atoms with van der Waals surface area (Å²) in [6.45, 7) is 11.1. The van der Waals surface area contributed by atoms with Crippen LogP contribution in [0, 0.1) is 6.92 Å². The number of carbonyl (C=O) groups excluding carboxylic acids is 1. The monoisotopic (exact) mass is 609 g/mol. The van der Waals surface area contributed by atoms with Crippen molar-refractivity contribution < 1.29 is 28.5 Å². The number of rotatable bonds is 17. The molecule has 0 aromatic heterocycles. The quantitative estimate of drug-likeness (QED) is 0.116. The zero-order valence-electron chi connectivity index (χ0n) is 26.7. The molecule has 0 saturated carbocycles. The molecule has 7 nitrogen and oxygen atoms in total. The van der Waals surface area contributed by atoms with Gasteiger partial charge in [-0.05, 0) is 53.8 Å². The maximum atomic E-state index is 14.1. The molecule has 1 amide bonds. The van der Waals surface area contributed by atoms with Gasteiger partial charge in [0.15, 0.2) is 0 Å². The van der Waals surface area contributed by atoms with Crippen LogP contribution in [0.25, 0.3) is 5.57 Å². The van der Waals surface area contributed by atoms with E-state index in [2.05, 4.69) is 6.58 Å². The lowest BCUT2D eigenvalue weighted by molar-refractivity contribution is 0.0543. The van der Waals surface area contributed by atoms with Gasteiger partial charge in [-0.15, -0.1) is 0 Å². The van der Waals surface area contributed by atoms with Crippen molar-refractivity contribution in [1.82, 2.24) is 4.90 Å². The van der Waals surface area contributed by atoms with Crippen LogP contribution in [-0.2, 0) is 29.2 Å². The van der Waals surface area contributed by atoms with Gasteiger partial charge >= 0.3 is 0 Å². The summed E-state index contributed by atoms with van der Waals surface area (Å²) >= 11 is 0. The van der Waals surface area contributed by atoms with Crippen LogP contribution in [0.4, 0.5) is 0 Å². The van der Waals surface area contributed by atoms with Gasteiger partial charge in [0.2, 0.25) is 0 Å².